The van der Waals surface area contributed by atoms with Crippen molar-refractivity contribution in [3.63, 3.8) is 0 Å². The van der Waals surface area contributed by atoms with Gasteiger partial charge in [0.05, 0.1) is 5.60 Å². The highest BCUT2D eigenvalue weighted by atomic mass is 16.3. The Hall–Kier alpha value is -1.68. The summed E-state index contributed by atoms with van der Waals surface area (Å²) in [4.78, 5) is 28.0. The van der Waals surface area contributed by atoms with Crippen molar-refractivity contribution in [3.05, 3.63) is 35.9 Å². The Morgan fingerprint density at radius 2 is 1.78 bits per heavy atom. The highest BCUT2D eigenvalue weighted by molar-refractivity contribution is 5.87. The summed E-state index contributed by atoms with van der Waals surface area (Å²) >= 11 is 0. The van der Waals surface area contributed by atoms with E-state index in [0.717, 1.165) is 69.8 Å². The number of unbranched alkanes of at least 4 members (excludes halogenated alkanes) is 2. The summed E-state index contributed by atoms with van der Waals surface area (Å²) in [6, 6.07) is 10.2. The molecule has 0 bridgehead atoms. The van der Waals surface area contributed by atoms with E-state index in [2.05, 4.69) is 32.9 Å². The van der Waals surface area contributed by atoms with E-state index in [1.165, 1.54) is 12.8 Å². The quantitative estimate of drug-likeness (QED) is 0.388. The molecule has 0 aliphatic heterocycles. The summed E-state index contributed by atoms with van der Waals surface area (Å²) in [5.41, 5.74) is 0.499. The van der Waals surface area contributed by atoms with Crippen molar-refractivity contribution < 1.29 is 14.7 Å². The average Bonchev–Trinajstić information content (AvgIpc) is 3.19. The van der Waals surface area contributed by atoms with Crippen LogP contribution in [-0.2, 0) is 16.1 Å². The van der Waals surface area contributed by atoms with Crippen molar-refractivity contribution >= 4 is 11.7 Å². The SMILES string of the molecule is CCCCCC(=O)N(Cc1ccccc1)C[C@@]1(O)CC[C@@]2(C)[C@@H](CC[C@@H]3[C@@H]2CC[C@]2(C)C(=O)CC[C@@H]32)C1. The van der Waals surface area contributed by atoms with E-state index in [-0.39, 0.29) is 16.7 Å². The molecule has 7 atom stereocenters. The lowest BCUT2D eigenvalue weighted by molar-refractivity contribution is -0.161. The van der Waals surface area contributed by atoms with Crippen LogP contribution in [0.25, 0.3) is 0 Å². The highest BCUT2D eigenvalue weighted by Crippen LogP contribution is 2.66. The second kappa shape index (κ2) is 10.5. The van der Waals surface area contributed by atoms with Crippen molar-refractivity contribution in [1.29, 1.82) is 0 Å². The molecule has 0 saturated heterocycles. The monoisotopic (exact) mass is 507 g/mol. The van der Waals surface area contributed by atoms with Gasteiger partial charge in [-0.15, -0.1) is 0 Å². The van der Waals surface area contributed by atoms with Crippen molar-refractivity contribution in [2.75, 3.05) is 6.54 Å². The van der Waals surface area contributed by atoms with E-state index in [9.17, 15) is 14.7 Å². The Balaban J connectivity index is 1.29. The molecule has 0 heterocycles. The molecular weight excluding hydrogens is 458 g/mol. The number of nitrogens with zero attached hydrogens (tertiary/aromatic N) is 1. The normalized spacial score (nSPS) is 39.0. The molecule has 4 aliphatic rings. The summed E-state index contributed by atoms with van der Waals surface area (Å²) in [5.74, 6) is 3.12. The number of benzene rings is 1. The third-order valence-corrected chi connectivity index (χ3v) is 11.6. The smallest absolute Gasteiger partial charge is 0.222 e. The summed E-state index contributed by atoms with van der Waals surface area (Å²) in [5, 5.41) is 12.0. The van der Waals surface area contributed by atoms with Crippen LogP contribution in [0.4, 0.5) is 0 Å². The van der Waals surface area contributed by atoms with Gasteiger partial charge in [0.25, 0.3) is 0 Å². The van der Waals surface area contributed by atoms with Crippen LogP contribution in [0.2, 0.25) is 0 Å². The van der Waals surface area contributed by atoms with Crippen LogP contribution in [-0.4, -0.2) is 33.8 Å². The van der Waals surface area contributed by atoms with E-state index >= 15 is 0 Å². The van der Waals surface area contributed by atoms with Gasteiger partial charge < -0.3 is 10.0 Å². The van der Waals surface area contributed by atoms with E-state index in [4.69, 9.17) is 0 Å². The molecule has 1 N–H and O–H groups in total. The number of ketones is 1. The van der Waals surface area contributed by atoms with Gasteiger partial charge in [-0.2, -0.15) is 0 Å². The number of hydrogen-bond donors (Lipinski definition) is 1. The predicted octanol–water partition coefficient (Wildman–Crippen LogP) is 6.94. The topological polar surface area (TPSA) is 57.6 Å². The zero-order valence-corrected chi connectivity index (χ0v) is 23.5. The Morgan fingerprint density at radius 1 is 1.00 bits per heavy atom. The van der Waals surface area contributed by atoms with Crippen molar-refractivity contribution in [3.8, 4) is 0 Å². The molecule has 0 radical (unpaired) electrons. The fourth-order valence-electron chi connectivity index (χ4n) is 9.31. The summed E-state index contributed by atoms with van der Waals surface area (Å²) in [6.45, 7) is 7.96. The lowest BCUT2D eigenvalue weighted by Gasteiger charge is -2.61. The maximum atomic E-state index is 13.3. The third-order valence-electron chi connectivity index (χ3n) is 11.6. The van der Waals surface area contributed by atoms with E-state index in [1.54, 1.807) is 0 Å². The highest BCUT2D eigenvalue weighted by Gasteiger charge is 2.61. The van der Waals surface area contributed by atoms with Gasteiger partial charge in [-0.3, -0.25) is 9.59 Å². The molecule has 0 aromatic heterocycles. The molecule has 4 saturated carbocycles. The molecule has 4 aliphatic carbocycles. The van der Waals surface area contributed by atoms with Crippen LogP contribution >= 0.6 is 0 Å². The molecular formula is C33H49NO3. The number of carbonyl (C=O) groups excluding carboxylic acids is 2. The first-order valence-electron chi connectivity index (χ1n) is 15.3. The van der Waals surface area contributed by atoms with Crippen LogP contribution in [0.3, 0.4) is 0 Å². The second-order valence-corrected chi connectivity index (χ2v) is 13.7. The third kappa shape index (κ3) is 5.04. The Bertz CT molecular complexity index is 977. The Morgan fingerprint density at radius 3 is 2.54 bits per heavy atom. The van der Waals surface area contributed by atoms with Crippen LogP contribution < -0.4 is 0 Å². The minimum atomic E-state index is -0.807. The number of carbonyl (C=O) groups is 2. The van der Waals surface area contributed by atoms with Crippen molar-refractivity contribution in [1.82, 2.24) is 4.90 Å². The molecule has 4 fully saturated rings. The zero-order valence-electron chi connectivity index (χ0n) is 23.5. The number of aliphatic hydroxyl groups is 1. The van der Waals surface area contributed by atoms with Crippen LogP contribution in [0.5, 0.6) is 0 Å². The largest absolute Gasteiger partial charge is 0.388 e. The molecule has 0 spiro atoms. The number of Topliss-reactive ketones (excluding diaryl/α,β-unsaturated/α-hetero) is 1. The molecule has 204 valence electrons. The molecule has 1 aromatic carbocycles. The predicted molar refractivity (Wildman–Crippen MR) is 148 cm³/mol. The molecule has 4 heteroatoms. The van der Waals surface area contributed by atoms with Crippen molar-refractivity contribution in [2.24, 2.45) is 34.5 Å². The van der Waals surface area contributed by atoms with Crippen LogP contribution in [0.15, 0.2) is 30.3 Å². The van der Waals surface area contributed by atoms with Gasteiger partial charge in [0.2, 0.25) is 5.91 Å². The first-order valence-corrected chi connectivity index (χ1v) is 15.3. The number of amides is 1. The number of rotatable bonds is 8. The van der Waals surface area contributed by atoms with Gasteiger partial charge >= 0.3 is 0 Å². The lowest BCUT2D eigenvalue weighted by Crippen LogP contribution is -2.58. The van der Waals surface area contributed by atoms with Crippen LogP contribution in [0, 0.1) is 34.5 Å². The van der Waals surface area contributed by atoms with Gasteiger partial charge in [-0.05, 0) is 92.4 Å². The first kappa shape index (κ1) is 26.9. The fourth-order valence-corrected chi connectivity index (χ4v) is 9.31. The minimum Gasteiger partial charge on any atom is -0.388 e. The van der Waals surface area contributed by atoms with E-state index in [0.29, 0.717) is 49.0 Å². The lowest BCUT2D eigenvalue weighted by atomic mass is 9.44. The average molecular weight is 508 g/mol. The van der Waals surface area contributed by atoms with Gasteiger partial charge in [0, 0.05) is 31.3 Å². The van der Waals surface area contributed by atoms with Gasteiger partial charge in [0.15, 0.2) is 0 Å². The second-order valence-electron chi connectivity index (χ2n) is 13.7. The molecule has 5 rings (SSSR count). The molecule has 1 amide bonds. The zero-order chi connectivity index (χ0) is 26.3. The first-order chi connectivity index (χ1) is 17.7. The Kier molecular flexibility index (Phi) is 7.62. The van der Waals surface area contributed by atoms with Gasteiger partial charge in [-0.1, -0.05) is 63.9 Å². The van der Waals surface area contributed by atoms with Crippen molar-refractivity contribution in [2.45, 2.75) is 116 Å². The maximum absolute atomic E-state index is 13.3. The molecule has 37 heavy (non-hydrogen) atoms. The number of fused-ring (bicyclic) bond motifs is 5. The maximum Gasteiger partial charge on any atom is 0.222 e. The van der Waals surface area contributed by atoms with E-state index in [1.807, 2.05) is 23.1 Å². The number of hydrogen-bond acceptors (Lipinski definition) is 3. The van der Waals surface area contributed by atoms with Gasteiger partial charge in [-0.25, -0.2) is 0 Å². The molecule has 1 aromatic rings. The Labute approximate surface area is 224 Å². The molecule has 4 nitrogen and oxygen atoms in total. The molecule has 0 unspecified atom stereocenters. The summed E-state index contributed by atoms with van der Waals surface area (Å²) in [7, 11) is 0. The standard InChI is InChI=1S/C33H49NO3/c1-4-5-7-12-30(36)34(22-24-10-8-6-9-11-24)23-33(37)20-19-31(2)25(21-33)13-14-26-27-15-16-29(35)32(27,3)18-17-28(26)31/h6,8-11,25-28,37H,4-5,7,12-23H2,1-3H3/t25-,26-,27-,28-,31-,32-,33+/m0/s1. The summed E-state index contributed by atoms with van der Waals surface area (Å²) in [6.07, 6.45) is 12.8. The summed E-state index contributed by atoms with van der Waals surface area (Å²) < 4.78 is 0. The van der Waals surface area contributed by atoms with E-state index < -0.39 is 5.60 Å². The fraction of sp³-hybridized carbons (Fsp3) is 0.758. The van der Waals surface area contributed by atoms with Gasteiger partial charge in [0.1, 0.15) is 5.78 Å². The van der Waals surface area contributed by atoms with Crippen LogP contribution in [0.1, 0.15) is 110 Å². The minimum absolute atomic E-state index is 0.0736.